The Morgan fingerprint density at radius 1 is 0.733 bits per heavy atom. The van der Waals surface area contributed by atoms with Crippen molar-refractivity contribution in [3.05, 3.63) is 101 Å². The molecular weight excluding hydrogens is 374 g/mol. The average Bonchev–Trinajstić information content (AvgIpc) is 2.75. The van der Waals surface area contributed by atoms with Gasteiger partial charge in [0.1, 0.15) is 0 Å². The zero-order valence-corrected chi connectivity index (χ0v) is 16.8. The minimum atomic E-state index is -0.252. The Hall–Kier alpha value is -3.99. The van der Waals surface area contributed by atoms with Crippen molar-refractivity contribution in [3.63, 3.8) is 0 Å². The first kappa shape index (κ1) is 19.3. The first-order valence-corrected chi connectivity index (χ1v) is 9.66. The molecule has 5 heteroatoms. The molecule has 0 aliphatic heterocycles. The van der Waals surface area contributed by atoms with E-state index < -0.39 is 0 Å². The number of hydrogen-bond acceptors (Lipinski definition) is 3. The van der Waals surface area contributed by atoms with Crippen LogP contribution in [0.15, 0.2) is 78.9 Å². The van der Waals surface area contributed by atoms with Crippen LogP contribution in [0.25, 0.3) is 10.9 Å². The van der Waals surface area contributed by atoms with E-state index in [-0.39, 0.29) is 11.8 Å². The third-order valence-corrected chi connectivity index (χ3v) is 4.80. The van der Waals surface area contributed by atoms with Crippen molar-refractivity contribution in [1.29, 1.82) is 0 Å². The molecule has 2 N–H and O–H groups in total. The first-order valence-electron chi connectivity index (χ1n) is 9.66. The van der Waals surface area contributed by atoms with E-state index in [1.807, 2.05) is 62.4 Å². The number of hydrogen-bond donors (Lipinski definition) is 2. The van der Waals surface area contributed by atoms with Crippen molar-refractivity contribution in [2.24, 2.45) is 0 Å². The fourth-order valence-corrected chi connectivity index (χ4v) is 3.33. The van der Waals surface area contributed by atoms with Gasteiger partial charge in [0.15, 0.2) is 0 Å². The molecule has 0 spiro atoms. The molecule has 2 amide bonds. The van der Waals surface area contributed by atoms with Gasteiger partial charge in [-0.2, -0.15) is 0 Å². The number of aromatic nitrogens is 1. The standard InChI is InChI=1S/C25H21N3O2/c1-16-12-13-21-19(14-16)20(15-17(2)26-21)25(30)28-23-11-7-6-10-22(23)27-24(29)18-8-4-3-5-9-18/h3-15H,1-2H3,(H,27,29)(H,28,30). The second-order valence-electron chi connectivity index (χ2n) is 7.15. The number of aryl methyl sites for hydroxylation is 2. The van der Waals surface area contributed by atoms with Crippen LogP contribution in [0.5, 0.6) is 0 Å². The van der Waals surface area contributed by atoms with Crippen molar-refractivity contribution < 1.29 is 9.59 Å². The second-order valence-corrected chi connectivity index (χ2v) is 7.15. The Labute approximate surface area is 174 Å². The molecule has 4 rings (SSSR count). The molecule has 0 atom stereocenters. The monoisotopic (exact) mass is 395 g/mol. The maximum absolute atomic E-state index is 13.1. The normalized spacial score (nSPS) is 10.6. The van der Waals surface area contributed by atoms with Crippen molar-refractivity contribution >= 4 is 34.1 Å². The minimum absolute atomic E-state index is 0.238. The summed E-state index contributed by atoms with van der Waals surface area (Å²) >= 11 is 0. The van der Waals surface area contributed by atoms with Crippen LogP contribution < -0.4 is 10.6 Å². The van der Waals surface area contributed by atoms with Gasteiger partial charge in [-0.15, -0.1) is 0 Å². The summed E-state index contributed by atoms with van der Waals surface area (Å²) in [7, 11) is 0. The summed E-state index contributed by atoms with van der Waals surface area (Å²) in [5, 5.41) is 6.61. The highest BCUT2D eigenvalue weighted by atomic mass is 16.2. The Morgan fingerprint density at radius 2 is 1.37 bits per heavy atom. The number of nitrogens with zero attached hydrogens (tertiary/aromatic N) is 1. The van der Waals surface area contributed by atoms with Gasteiger partial charge in [0.25, 0.3) is 11.8 Å². The Bertz CT molecular complexity index is 1250. The SMILES string of the molecule is Cc1ccc2nc(C)cc(C(=O)Nc3ccccc3NC(=O)c3ccccc3)c2c1. The van der Waals surface area contributed by atoms with Gasteiger partial charge in [-0.1, -0.05) is 42.0 Å². The van der Waals surface area contributed by atoms with Crippen LogP contribution in [0.2, 0.25) is 0 Å². The summed E-state index contributed by atoms with van der Waals surface area (Å²) in [6.07, 6.45) is 0. The smallest absolute Gasteiger partial charge is 0.256 e. The molecule has 0 aliphatic carbocycles. The molecule has 1 heterocycles. The number of para-hydroxylation sites is 2. The Kier molecular flexibility index (Phi) is 5.26. The topological polar surface area (TPSA) is 71.1 Å². The summed E-state index contributed by atoms with van der Waals surface area (Å²) in [5.41, 5.74) is 4.75. The van der Waals surface area contributed by atoms with Crippen molar-refractivity contribution in [2.45, 2.75) is 13.8 Å². The second kappa shape index (κ2) is 8.17. The quantitative estimate of drug-likeness (QED) is 0.489. The van der Waals surface area contributed by atoms with Gasteiger partial charge in [-0.25, -0.2) is 0 Å². The molecule has 3 aromatic carbocycles. The molecule has 148 valence electrons. The van der Waals surface area contributed by atoms with Crippen molar-refractivity contribution in [2.75, 3.05) is 10.6 Å². The van der Waals surface area contributed by atoms with Crippen LogP contribution in [0, 0.1) is 13.8 Å². The summed E-state index contributed by atoms with van der Waals surface area (Å²) in [4.78, 5) is 30.2. The van der Waals surface area contributed by atoms with E-state index in [0.717, 1.165) is 22.2 Å². The van der Waals surface area contributed by atoms with Gasteiger partial charge in [0.2, 0.25) is 0 Å². The number of fused-ring (bicyclic) bond motifs is 1. The highest BCUT2D eigenvalue weighted by molar-refractivity contribution is 6.14. The average molecular weight is 395 g/mol. The number of pyridine rings is 1. The molecule has 1 aromatic heterocycles. The van der Waals surface area contributed by atoms with Crippen molar-refractivity contribution in [3.8, 4) is 0 Å². The highest BCUT2D eigenvalue weighted by Gasteiger charge is 2.15. The lowest BCUT2D eigenvalue weighted by molar-refractivity contribution is 0.101. The molecule has 5 nitrogen and oxygen atoms in total. The molecule has 0 radical (unpaired) electrons. The van der Waals surface area contributed by atoms with Crippen LogP contribution in [-0.4, -0.2) is 16.8 Å². The number of carbonyl (C=O) groups excluding carboxylic acids is 2. The van der Waals surface area contributed by atoms with Crippen LogP contribution in [-0.2, 0) is 0 Å². The van der Waals surface area contributed by atoms with Gasteiger partial charge < -0.3 is 10.6 Å². The van der Waals surface area contributed by atoms with Gasteiger partial charge in [-0.05, 0) is 56.3 Å². The van der Waals surface area contributed by atoms with Crippen molar-refractivity contribution in [1.82, 2.24) is 4.98 Å². The molecule has 30 heavy (non-hydrogen) atoms. The predicted octanol–water partition coefficient (Wildman–Crippen LogP) is 5.36. The molecular formula is C25H21N3O2. The number of nitrogens with one attached hydrogen (secondary N) is 2. The summed E-state index contributed by atoms with van der Waals surface area (Å²) in [6, 6.07) is 23.7. The predicted molar refractivity (Wildman–Crippen MR) is 120 cm³/mol. The number of rotatable bonds is 4. The summed E-state index contributed by atoms with van der Waals surface area (Å²) < 4.78 is 0. The van der Waals surface area contributed by atoms with E-state index in [1.165, 1.54) is 0 Å². The molecule has 0 bridgehead atoms. The zero-order chi connectivity index (χ0) is 21.1. The van der Waals surface area contributed by atoms with E-state index >= 15 is 0 Å². The maximum atomic E-state index is 13.1. The number of amides is 2. The van der Waals surface area contributed by atoms with Gasteiger partial charge in [0, 0.05) is 16.6 Å². The number of carbonyl (C=O) groups is 2. The summed E-state index contributed by atoms with van der Waals surface area (Å²) in [5.74, 6) is -0.490. The third kappa shape index (κ3) is 4.05. The number of benzene rings is 3. The lowest BCUT2D eigenvalue weighted by atomic mass is 10.0. The lowest BCUT2D eigenvalue weighted by Crippen LogP contribution is -2.17. The van der Waals surface area contributed by atoms with Gasteiger partial charge in [0.05, 0.1) is 22.5 Å². The van der Waals surface area contributed by atoms with Crippen LogP contribution >= 0.6 is 0 Å². The van der Waals surface area contributed by atoms with E-state index in [1.54, 1.807) is 30.3 Å². The third-order valence-electron chi connectivity index (χ3n) is 4.80. The summed E-state index contributed by atoms with van der Waals surface area (Å²) in [6.45, 7) is 3.85. The van der Waals surface area contributed by atoms with Gasteiger partial charge >= 0.3 is 0 Å². The van der Waals surface area contributed by atoms with E-state index in [4.69, 9.17) is 0 Å². The van der Waals surface area contributed by atoms with E-state index in [2.05, 4.69) is 15.6 Å². The van der Waals surface area contributed by atoms with E-state index in [0.29, 0.717) is 22.5 Å². The molecule has 0 saturated carbocycles. The van der Waals surface area contributed by atoms with Crippen LogP contribution in [0.3, 0.4) is 0 Å². The Balaban J connectivity index is 1.64. The molecule has 0 unspecified atom stereocenters. The maximum Gasteiger partial charge on any atom is 0.256 e. The minimum Gasteiger partial charge on any atom is -0.320 e. The molecule has 0 saturated heterocycles. The largest absolute Gasteiger partial charge is 0.320 e. The molecule has 4 aromatic rings. The lowest BCUT2D eigenvalue weighted by Gasteiger charge is -2.14. The fraction of sp³-hybridized carbons (Fsp3) is 0.0800. The molecule has 0 fully saturated rings. The van der Waals surface area contributed by atoms with E-state index in [9.17, 15) is 9.59 Å². The number of anilines is 2. The van der Waals surface area contributed by atoms with Crippen LogP contribution in [0.4, 0.5) is 11.4 Å². The fourth-order valence-electron chi connectivity index (χ4n) is 3.33. The molecule has 0 aliphatic rings. The first-order chi connectivity index (χ1) is 14.5. The van der Waals surface area contributed by atoms with Crippen LogP contribution in [0.1, 0.15) is 32.0 Å². The highest BCUT2D eigenvalue weighted by Crippen LogP contribution is 2.25. The Morgan fingerprint density at radius 3 is 2.07 bits per heavy atom. The van der Waals surface area contributed by atoms with Gasteiger partial charge in [-0.3, -0.25) is 14.6 Å². The zero-order valence-electron chi connectivity index (χ0n) is 16.8.